The molecule has 112 valence electrons. The Bertz CT molecular complexity index is 424. The number of nitrogens with one attached hydrogen (secondary N) is 1. The molecule has 0 amide bonds. The summed E-state index contributed by atoms with van der Waals surface area (Å²) in [4.78, 5) is 11.4. The summed E-state index contributed by atoms with van der Waals surface area (Å²) in [6.07, 6.45) is 2.06. The first kappa shape index (κ1) is 17.1. The van der Waals surface area contributed by atoms with Gasteiger partial charge in [0.15, 0.2) is 0 Å². The number of carbonyl (C=O) groups excluding carboxylic acids is 1. The van der Waals surface area contributed by atoms with E-state index in [-0.39, 0.29) is 5.97 Å². The van der Waals surface area contributed by atoms with E-state index in [4.69, 9.17) is 4.74 Å². The number of ether oxygens (including phenoxy) is 2. The number of rotatable bonds is 9. The third kappa shape index (κ3) is 6.03. The van der Waals surface area contributed by atoms with Gasteiger partial charge < -0.3 is 14.8 Å². The second-order valence-corrected chi connectivity index (χ2v) is 5.29. The zero-order valence-corrected chi connectivity index (χ0v) is 13.7. The van der Waals surface area contributed by atoms with Crippen LogP contribution < -0.4 is 5.32 Å². The lowest BCUT2D eigenvalue weighted by atomic mass is 10.1. The molecule has 0 spiro atoms. The maximum absolute atomic E-state index is 11.4. The molecular weight excluding hydrogens is 322 g/mol. The molecule has 0 radical (unpaired) electrons. The predicted molar refractivity (Wildman–Crippen MR) is 82.9 cm³/mol. The molecule has 1 N–H and O–H groups in total. The minimum Gasteiger partial charge on any atom is -0.465 e. The summed E-state index contributed by atoms with van der Waals surface area (Å²) in [5, 5.41) is 3.36. The van der Waals surface area contributed by atoms with Crippen molar-refractivity contribution >= 4 is 21.9 Å². The van der Waals surface area contributed by atoms with Gasteiger partial charge in [-0.25, -0.2) is 4.79 Å². The van der Waals surface area contributed by atoms with Gasteiger partial charge >= 0.3 is 5.97 Å². The summed E-state index contributed by atoms with van der Waals surface area (Å²) in [5.41, 5.74) is 1.67. The SMILES string of the molecule is CCCOCCCNCc1ccc(C(=O)OC)cc1Br. The zero-order chi connectivity index (χ0) is 14.8. The van der Waals surface area contributed by atoms with Crippen LogP contribution >= 0.6 is 15.9 Å². The van der Waals surface area contributed by atoms with Crippen molar-refractivity contribution in [3.8, 4) is 0 Å². The Morgan fingerprint density at radius 2 is 2.15 bits per heavy atom. The third-order valence-corrected chi connectivity index (χ3v) is 3.52. The Kier molecular flexibility index (Phi) is 8.49. The van der Waals surface area contributed by atoms with Crippen molar-refractivity contribution in [2.45, 2.75) is 26.3 Å². The van der Waals surface area contributed by atoms with Crippen molar-refractivity contribution in [3.05, 3.63) is 33.8 Å². The highest BCUT2D eigenvalue weighted by molar-refractivity contribution is 9.10. The topological polar surface area (TPSA) is 47.6 Å². The normalized spacial score (nSPS) is 10.6. The fourth-order valence-corrected chi connectivity index (χ4v) is 2.22. The van der Waals surface area contributed by atoms with E-state index < -0.39 is 0 Å². The van der Waals surface area contributed by atoms with E-state index in [9.17, 15) is 4.79 Å². The molecule has 0 saturated carbocycles. The van der Waals surface area contributed by atoms with Crippen LogP contribution in [0.25, 0.3) is 0 Å². The van der Waals surface area contributed by atoms with Gasteiger partial charge in [-0.05, 0) is 37.1 Å². The molecule has 0 aliphatic rings. The molecule has 0 aliphatic carbocycles. The Morgan fingerprint density at radius 1 is 1.35 bits per heavy atom. The quantitative estimate of drug-likeness (QED) is 0.552. The Hall–Kier alpha value is -0.910. The number of halogens is 1. The molecule has 0 unspecified atom stereocenters. The van der Waals surface area contributed by atoms with Crippen LogP contribution in [-0.4, -0.2) is 32.8 Å². The van der Waals surface area contributed by atoms with Gasteiger partial charge in [-0.2, -0.15) is 0 Å². The molecule has 0 saturated heterocycles. The van der Waals surface area contributed by atoms with Crippen LogP contribution in [0.1, 0.15) is 35.7 Å². The van der Waals surface area contributed by atoms with Crippen LogP contribution in [0.4, 0.5) is 0 Å². The van der Waals surface area contributed by atoms with E-state index in [1.54, 1.807) is 12.1 Å². The minimum absolute atomic E-state index is 0.321. The fourth-order valence-electron chi connectivity index (χ4n) is 1.70. The molecule has 0 bridgehead atoms. The van der Waals surface area contributed by atoms with Gasteiger partial charge in [0.05, 0.1) is 12.7 Å². The van der Waals surface area contributed by atoms with E-state index in [1.165, 1.54) is 7.11 Å². The summed E-state index contributed by atoms with van der Waals surface area (Å²) in [6, 6.07) is 5.49. The van der Waals surface area contributed by atoms with Gasteiger partial charge in [-0.1, -0.05) is 28.9 Å². The molecule has 1 aromatic rings. The molecule has 0 fully saturated rings. The van der Waals surface area contributed by atoms with Crippen LogP contribution in [0.15, 0.2) is 22.7 Å². The number of benzene rings is 1. The summed E-state index contributed by atoms with van der Waals surface area (Å²) < 4.78 is 11.0. The highest BCUT2D eigenvalue weighted by Crippen LogP contribution is 2.19. The van der Waals surface area contributed by atoms with Crippen LogP contribution in [0.2, 0.25) is 0 Å². The number of hydrogen-bond donors (Lipinski definition) is 1. The van der Waals surface area contributed by atoms with Crippen molar-refractivity contribution in [2.75, 3.05) is 26.9 Å². The first-order valence-corrected chi connectivity index (χ1v) is 7.63. The average Bonchev–Trinajstić information content (AvgIpc) is 2.46. The average molecular weight is 344 g/mol. The number of esters is 1. The predicted octanol–water partition coefficient (Wildman–Crippen LogP) is 3.14. The summed E-state index contributed by atoms with van der Waals surface area (Å²) in [7, 11) is 1.38. The monoisotopic (exact) mass is 343 g/mol. The maximum Gasteiger partial charge on any atom is 0.337 e. The summed E-state index contributed by atoms with van der Waals surface area (Å²) >= 11 is 3.48. The summed E-state index contributed by atoms with van der Waals surface area (Å²) in [5.74, 6) is -0.321. The lowest BCUT2D eigenvalue weighted by molar-refractivity contribution is 0.0600. The van der Waals surface area contributed by atoms with Crippen molar-refractivity contribution in [3.63, 3.8) is 0 Å². The van der Waals surface area contributed by atoms with Crippen LogP contribution in [-0.2, 0) is 16.0 Å². The highest BCUT2D eigenvalue weighted by atomic mass is 79.9. The van der Waals surface area contributed by atoms with Crippen LogP contribution in [0.3, 0.4) is 0 Å². The minimum atomic E-state index is -0.321. The van der Waals surface area contributed by atoms with Gasteiger partial charge in [0.2, 0.25) is 0 Å². The number of carbonyl (C=O) groups is 1. The van der Waals surface area contributed by atoms with Gasteiger partial charge in [-0.3, -0.25) is 0 Å². The third-order valence-electron chi connectivity index (χ3n) is 2.78. The van der Waals surface area contributed by atoms with Crippen LogP contribution in [0.5, 0.6) is 0 Å². The van der Waals surface area contributed by atoms with Crippen molar-refractivity contribution in [1.82, 2.24) is 5.32 Å². The smallest absolute Gasteiger partial charge is 0.337 e. The van der Waals surface area contributed by atoms with Gasteiger partial charge in [0.1, 0.15) is 0 Å². The van der Waals surface area contributed by atoms with Gasteiger partial charge in [-0.15, -0.1) is 0 Å². The maximum atomic E-state index is 11.4. The standard InChI is InChI=1S/C15H22BrNO3/c1-3-8-20-9-4-7-17-11-13-6-5-12(10-14(13)16)15(18)19-2/h5-6,10,17H,3-4,7-9,11H2,1-2H3. The zero-order valence-electron chi connectivity index (χ0n) is 12.1. The molecule has 1 aromatic carbocycles. The van der Waals surface area contributed by atoms with Crippen molar-refractivity contribution < 1.29 is 14.3 Å². The second kappa shape index (κ2) is 9.91. The fraction of sp³-hybridized carbons (Fsp3) is 0.533. The molecule has 0 atom stereocenters. The molecule has 4 nitrogen and oxygen atoms in total. The Labute approximate surface area is 129 Å². The molecular formula is C15H22BrNO3. The lowest BCUT2D eigenvalue weighted by Crippen LogP contribution is -2.17. The van der Waals surface area contributed by atoms with Gasteiger partial charge in [0.25, 0.3) is 0 Å². The van der Waals surface area contributed by atoms with Gasteiger partial charge in [0, 0.05) is 24.2 Å². The van der Waals surface area contributed by atoms with E-state index in [1.807, 2.05) is 6.07 Å². The van der Waals surface area contributed by atoms with Crippen molar-refractivity contribution in [1.29, 1.82) is 0 Å². The highest BCUT2D eigenvalue weighted by Gasteiger charge is 2.07. The number of hydrogen-bond acceptors (Lipinski definition) is 4. The molecule has 0 aliphatic heterocycles. The first-order valence-electron chi connectivity index (χ1n) is 6.84. The van der Waals surface area contributed by atoms with E-state index in [2.05, 4.69) is 32.9 Å². The van der Waals surface area contributed by atoms with E-state index in [0.29, 0.717) is 5.56 Å². The van der Waals surface area contributed by atoms with Crippen molar-refractivity contribution in [2.24, 2.45) is 0 Å². The molecule has 20 heavy (non-hydrogen) atoms. The first-order chi connectivity index (χ1) is 9.69. The lowest BCUT2D eigenvalue weighted by Gasteiger charge is -2.08. The number of methoxy groups -OCH3 is 1. The Balaban J connectivity index is 2.32. The molecule has 5 heteroatoms. The molecule has 0 heterocycles. The summed E-state index contributed by atoms with van der Waals surface area (Å²) in [6.45, 7) is 5.41. The van der Waals surface area contributed by atoms with E-state index in [0.717, 1.165) is 49.2 Å². The molecule has 0 aromatic heterocycles. The van der Waals surface area contributed by atoms with Crippen LogP contribution in [0, 0.1) is 0 Å². The molecule has 1 rings (SSSR count). The Morgan fingerprint density at radius 3 is 2.80 bits per heavy atom. The second-order valence-electron chi connectivity index (χ2n) is 4.44. The van der Waals surface area contributed by atoms with E-state index >= 15 is 0 Å². The largest absolute Gasteiger partial charge is 0.465 e.